The zero-order chi connectivity index (χ0) is 15.2. The lowest BCUT2D eigenvalue weighted by Gasteiger charge is -2.14. The van der Waals surface area contributed by atoms with E-state index in [4.69, 9.17) is 10.5 Å². The highest BCUT2D eigenvalue weighted by atomic mass is 32.2. The molecule has 1 saturated heterocycles. The number of hydrogen-bond acceptors (Lipinski definition) is 5. The first kappa shape index (κ1) is 15.5. The molecule has 21 heavy (non-hydrogen) atoms. The molecule has 1 aliphatic rings. The van der Waals surface area contributed by atoms with Gasteiger partial charge in [-0.2, -0.15) is 11.8 Å². The summed E-state index contributed by atoms with van der Waals surface area (Å²) < 4.78 is 5.50. The first-order valence-corrected chi connectivity index (χ1v) is 8.10. The molecular weight excluding hydrogens is 290 g/mol. The molecule has 1 unspecified atom stereocenters. The van der Waals surface area contributed by atoms with E-state index in [-0.39, 0.29) is 25.1 Å². The molecular formula is C14H19N3O3S. The van der Waals surface area contributed by atoms with Gasteiger partial charge < -0.3 is 15.8 Å². The SMILES string of the molecule is CSCCC1NC(=O)N(CCOc2cccc(N)c2)C1=O. The normalized spacial score (nSPS) is 18.0. The number of nitrogens with two attached hydrogens (primary N) is 1. The summed E-state index contributed by atoms with van der Waals surface area (Å²) in [7, 11) is 0. The number of benzene rings is 1. The smallest absolute Gasteiger partial charge is 0.324 e. The fraction of sp³-hybridized carbons (Fsp3) is 0.429. The summed E-state index contributed by atoms with van der Waals surface area (Å²) in [6.07, 6.45) is 2.62. The lowest BCUT2D eigenvalue weighted by molar-refractivity contribution is -0.127. The maximum Gasteiger partial charge on any atom is 0.324 e. The second kappa shape index (κ2) is 7.21. The predicted molar refractivity (Wildman–Crippen MR) is 83.4 cm³/mol. The van der Waals surface area contributed by atoms with Crippen LogP contribution < -0.4 is 15.8 Å². The average Bonchev–Trinajstić information content (AvgIpc) is 2.72. The number of imide groups is 1. The number of carbonyl (C=O) groups excluding carboxylic acids is 2. The van der Waals surface area contributed by atoms with Crippen molar-refractivity contribution in [3.8, 4) is 5.75 Å². The Morgan fingerprint density at radius 3 is 2.95 bits per heavy atom. The standard InChI is InChI=1S/C14H19N3O3S/c1-21-8-5-12-13(18)17(14(19)16-12)6-7-20-11-4-2-3-10(15)9-11/h2-4,9,12H,5-8,15H2,1H3,(H,16,19). The first-order valence-electron chi connectivity index (χ1n) is 6.71. The quantitative estimate of drug-likeness (QED) is 0.586. The van der Waals surface area contributed by atoms with Crippen LogP contribution in [0.3, 0.4) is 0 Å². The van der Waals surface area contributed by atoms with Gasteiger partial charge in [0.05, 0.1) is 6.54 Å². The summed E-state index contributed by atoms with van der Waals surface area (Å²) in [6.45, 7) is 0.479. The summed E-state index contributed by atoms with van der Waals surface area (Å²) in [5, 5.41) is 2.69. The lowest BCUT2D eigenvalue weighted by atomic mass is 10.2. The number of hydrogen-bond donors (Lipinski definition) is 2. The zero-order valence-corrected chi connectivity index (χ0v) is 12.7. The van der Waals surface area contributed by atoms with Gasteiger partial charge in [-0.05, 0) is 30.6 Å². The molecule has 1 fully saturated rings. The molecule has 0 bridgehead atoms. The van der Waals surface area contributed by atoms with Crippen molar-refractivity contribution in [3.05, 3.63) is 24.3 Å². The monoisotopic (exact) mass is 309 g/mol. The van der Waals surface area contributed by atoms with Gasteiger partial charge in [0.25, 0.3) is 5.91 Å². The van der Waals surface area contributed by atoms with Crippen LogP contribution in [0.4, 0.5) is 10.5 Å². The van der Waals surface area contributed by atoms with E-state index in [1.807, 2.05) is 6.26 Å². The van der Waals surface area contributed by atoms with Gasteiger partial charge in [0.2, 0.25) is 0 Å². The maximum atomic E-state index is 12.1. The summed E-state index contributed by atoms with van der Waals surface area (Å²) in [5.41, 5.74) is 6.26. The van der Waals surface area contributed by atoms with Crippen LogP contribution in [0, 0.1) is 0 Å². The largest absolute Gasteiger partial charge is 0.492 e. The van der Waals surface area contributed by atoms with Gasteiger partial charge in [-0.1, -0.05) is 6.07 Å². The second-order valence-corrected chi connectivity index (χ2v) is 5.68. The topological polar surface area (TPSA) is 84.7 Å². The number of anilines is 1. The van der Waals surface area contributed by atoms with E-state index in [0.717, 1.165) is 5.75 Å². The molecule has 1 atom stereocenters. The molecule has 1 aromatic carbocycles. The van der Waals surface area contributed by atoms with Crippen LogP contribution in [-0.2, 0) is 4.79 Å². The van der Waals surface area contributed by atoms with Crippen molar-refractivity contribution in [2.45, 2.75) is 12.5 Å². The Bertz CT molecular complexity index is 524. The van der Waals surface area contributed by atoms with E-state index < -0.39 is 6.04 Å². The van der Waals surface area contributed by atoms with Crippen molar-refractivity contribution in [2.75, 3.05) is 30.9 Å². The molecule has 0 saturated carbocycles. The molecule has 3 N–H and O–H groups in total. The van der Waals surface area contributed by atoms with Gasteiger partial charge in [0.1, 0.15) is 18.4 Å². The van der Waals surface area contributed by atoms with Gasteiger partial charge >= 0.3 is 6.03 Å². The highest BCUT2D eigenvalue weighted by molar-refractivity contribution is 7.98. The van der Waals surface area contributed by atoms with Crippen molar-refractivity contribution >= 4 is 29.4 Å². The van der Waals surface area contributed by atoms with Gasteiger partial charge in [0.15, 0.2) is 0 Å². The Balaban J connectivity index is 1.82. The summed E-state index contributed by atoms with van der Waals surface area (Å²) in [6, 6.07) is 6.29. The van der Waals surface area contributed by atoms with Crippen LogP contribution in [0.15, 0.2) is 24.3 Å². The molecule has 1 aliphatic heterocycles. The minimum Gasteiger partial charge on any atom is -0.492 e. The number of amides is 3. The molecule has 0 aliphatic carbocycles. The Morgan fingerprint density at radius 2 is 2.24 bits per heavy atom. The maximum absolute atomic E-state index is 12.1. The van der Waals surface area contributed by atoms with E-state index in [2.05, 4.69) is 5.32 Å². The van der Waals surface area contributed by atoms with Gasteiger partial charge in [-0.3, -0.25) is 9.69 Å². The molecule has 3 amide bonds. The van der Waals surface area contributed by atoms with E-state index >= 15 is 0 Å². The third kappa shape index (κ3) is 4.04. The van der Waals surface area contributed by atoms with E-state index in [9.17, 15) is 9.59 Å². The van der Waals surface area contributed by atoms with Crippen molar-refractivity contribution in [1.29, 1.82) is 0 Å². The van der Waals surface area contributed by atoms with E-state index in [1.165, 1.54) is 4.90 Å². The van der Waals surface area contributed by atoms with Crippen molar-refractivity contribution in [2.24, 2.45) is 0 Å². The third-order valence-electron chi connectivity index (χ3n) is 3.16. The second-order valence-electron chi connectivity index (χ2n) is 4.69. The van der Waals surface area contributed by atoms with Crippen LogP contribution in [0.2, 0.25) is 0 Å². The summed E-state index contributed by atoms with van der Waals surface area (Å²) in [5.74, 6) is 1.29. The fourth-order valence-corrected chi connectivity index (χ4v) is 2.55. The van der Waals surface area contributed by atoms with Crippen molar-refractivity contribution in [1.82, 2.24) is 10.2 Å². The van der Waals surface area contributed by atoms with Crippen LogP contribution in [0.5, 0.6) is 5.75 Å². The molecule has 1 aromatic rings. The molecule has 0 spiro atoms. The van der Waals surface area contributed by atoms with Gasteiger partial charge in [-0.25, -0.2) is 4.79 Å². The predicted octanol–water partition coefficient (Wildman–Crippen LogP) is 1.32. The van der Waals surface area contributed by atoms with Gasteiger partial charge in [0, 0.05) is 11.8 Å². The van der Waals surface area contributed by atoms with Crippen molar-refractivity contribution < 1.29 is 14.3 Å². The molecule has 0 aromatic heterocycles. The van der Waals surface area contributed by atoms with E-state index in [0.29, 0.717) is 17.9 Å². The number of urea groups is 1. The zero-order valence-electron chi connectivity index (χ0n) is 11.9. The molecule has 2 rings (SSSR count). The molecule has 6 nitrogen and oxygen atoms in total. The van der Waals surface area contributed by atoms with Crippen LogP contribution in [0.25, 0.3) is 0 Å². The Hall–Kier alpha value is -1.89. The third-order valence-corrected chi connectivity index (χ3v) is 3.80. The minimum atomic E-state index is -0.405. The minimum absolute atomic E-state index is 0.176. The molecule has 7 heteroatoms. The number of nitrogen functional groups attached to an aromatic ring is 1. The first-order chi connectivity index (χ1) is 10.1. The highest BCUT2D eigenvalue weighted by Crippen LogP contribution is 2.15. The Morgan fingerprint density at radius 1 is 1.43 bits per heavy atom. The highest BCUT2D eigenvalue weighted by Gasteiger charge is 2.37. The number of carbonyl (C=O) groups is 2. The Kier molecular flexibility index (Phi) is 5.32. The van der Waals surface area contributed by atoms with Crippen LogP contribution >= 0.6 is 11.8 Å². The van der Waals surface area contributed by atoms with Crippen molar-refractivity contribution in [3.63, 3.8) is 0 Å². The van der Waals surface area contributed by atoms with Crippen LogP contribution in [-0.4, -0.2) is 48.0 Å². The van der Waals surface area contributed by atoms with E-state index in [1.54, 1.807) is 36.0 Å². The number of ether oxygens (including phenoxy) is 1. The number of nitrogens with zero attached hydrogens (tertiary/aromatic N) is 1. The summed E-state index contributed by atoms with van der Waals surface area (Å²) in [4.78, 5) is 25.0. The molecule has 0 radical (unpaired) electrons. The van der Waals surface area contributed by atoms with Crippen LogP contribution in [0.1, 0.15) is 6.42 Å². The number of nitrogens with one attached hydrogen (secondary N) is 1. The molecule has 1 heterocycles. The fourth-order valence-electron chi connectivity index (χ4n) is 2.08. The molecule has 114 valence electrons. The summed E-state index contributed by atoms with van der Waals surface area (Å²) >= 11 is 1.65. The Labute approximate surface area is 128 Å². The number of rotatable bonds is 7. The number of thioether (sulfide) groups is 1. The van der Waals surface area contributed by atoms with Gasteiger partial charge in [-0.15, -0.1) is 0 Å². The average molecular weight is 309 g/mol. The lowest BCUT2D eigenvalue weighted by Crippen LogP contribution is -2.35.